The molecule has 3 nitrogen and oxygen atoms in total. The second-order valence-corrected chi connectivity index (χ2v) is 3.75. The van der Waals surface area contributed by atoms with Gasteiger partial charge in [0.25, 0.3) is 0 Å². The van der Waals surface area contributed by atoms with Crippen molar-refractivity contribution in [2.24, 2.45) is 0 Å². The van der Waals surface area contributed by atoms with Crippen LogP contribution in [0.5, 0.6) is 0 Å². The van der Waals surface area contributed by atoms with Crippen LogP contribution in [-0.4, -0.2) is 11.3 Å². The number of oxazole rings is 1. The Kier molecular flexibility index (Phi) is 2.31. The van der Waals surface area contributed by atoms with Crippen LogP contribution < -0.4 is 0 Å². The lowest BCUT2D eigenvalue weighted by molar-refractivity contribution is -0.107. The molecule has 0 radical (unpaired) electrons. The van der Waals surface area contributed by atoms with Gasteiger partial charge in [0.05, 0.1) is 12.6 Å². The summed E-state index contributed by atoms with van der Waals surface area (Å²) in [5.41, 5.74) is -0.0822. The topological polar surface area (TPSA) is 43.1 Å². The van der Waals surface area contributed by atoms with E-state index in [1.54, 1.807) is 6.20 Å². The van der Waals surface area contributed by atoms with Gasteiger partial charge < -0.3 is 9.21 Å². The summed E-state index contributed by atoms with van der Waals surface area (Å²) in [7, 11) is 0. The van der Waals surface area contributed by atoms with E-state index in [2.05, 4.69) is 4.98 Å². The van der Waals surface area contributed by atoms with Crippen LogP contribution in [0.4, 0.5) is 0 Å². The van der Waals surface area contributed by atoms with Crippen LogP contribution in [0.3, 0.4) is 0 Å². The van der Waals surface area contributed by atoms with Crippen molar-refractivity contribution in [2.45, 2.75) is 32.6 Å². The minimum Gasteiger partial charge on any atom is -0.445 e. The first kappa shape index (κ1) is 8.97. The normalized spacial score (nSPS) is 11.6. The number of hydrogen-bond donors (Lipinski definition) is 0. The fraction of sp³-hybridized carbons (Fsp3) is 0.556. The molecule has 0 aliphatic rings. The molecule has 0 atom stereocenters. The molecule has 0 N–H and O–H groups in total. The van der Waals surface area contributed by atoms with Crippen molar-refractivity contribution >= 4 is 6.29 Å². The van der Waals surface area contributed by atoms with Gasteiger partial charge in [-0.2, -0.15) is 0 Å². The quantitative estimate of drug-likeness (QED) is 0.630. The zero-order valence-corrected chi connectivity index (χ0v) is 7.63. The fourth-order valence-corrected chi connectivity index (χ4v) is 0.831. The number of rotatable bonds is 2. The predicted molar refractivity (Wildman–Crippen MR) is 45.0 cm³/mol. The summed E-state index contributed by atoms with van der Waals surface area (Å²) >= 11 is 0. The van der Waals surface area contributed by atoms with Crippen LogP contribution in [0.2, 0.25) is 0 Å². The van der Waals surface area contributed by atoms with E-state index >= 15 is 0 Å². The third-order valence-corrected chi connectivity index (χ3v) is 1.48. The molecule has 0 saturated carbocycles. The molecular weight excluding hydrogens is 154 g/mol. The van der Waals surface area contributed by atoms with Gasteiger partial charge in [-0.1, -0.05) is 20.8 Å². The molecule has 0 unspecified atom stereocenters. The Bertz CT molecular complexity index is 270. The summed E-state index contributed by atoms with van der Waals surface area (Å²) in [5, 5.41) is 0. The van der Waals surface area contributed by atoms with Gasteiger partial charge in [-0.3, -0.25) is 0 Å². The maximum absolute atomic E-state index is 10.1. The van der Waals surface area contributed by atoms with E-state index in [1.165, 1.54) is 0 Å². The second-order valence-electron chi connectivity index (χ2n) is 3.75. The van der Waals surface area contributed by atoms with Gasteiger partial charge in [-0.05, 0) is 0 Å². The molecule has 0 bridgehead atoms. The van der Waals surface area contributed by atoms with Gasteiger partial charge in [0.15, 0.2) is 5.89 Å². The van der Waals surface area contributed by atoms with E-state index in [1.807, 2.05) is 20.8 Å². The third-order valence-electron chi connectivity index (χ3n) is 1.48. The number of nitrogens with zero attached hydrogens (tertiary/aromatic N) is 1. The van der Waals surface area contributed by atoms with Gasteiger partial charge in [-0.15, -0.1) is 0 Å². The number of hydrogen-bond acceptors (Lipinski definition) is 3. The van der Waals surface area contributed by atoms with Crippen molar-refractivity contribution in [3.63, 3.8) is 0 Å². The highest BCUT2D eigenvalue weighted by Gasteiger charge is 2.19. The largest absolute Gasteiger partial charge is 0.445 e. The molecule has 0 fully saturated rings. The zero-order valence-electron chi connectivity index (χ0n) is 7.63. The average Bonchev–Trinajstić information content (AvgIpc) is 2.35. The number of aromatic nitrogens is 1. The summed E-state index contributed by atoms with van der Waals surface area (Å²) in [5.74, 6) is 1.31. The van der Waals surface area contributed by atoms with E-state index in [9.17, 15) is 4.79 Å². The molecule has 1 aromatic rings. The van der Waals surface area contributed by atoms with Crippen molar-refractivity contribution < 1.29 is 9.21 Å². The summed E-state index contributed by atoms with van der Waals surface area (Å²) in [4.78, 5) is 14.2. The van der Waals surface area contributed by atoms with Gasteiger partial charge in [-0.25, -0.2) is 4.98 Å². The lowest BCUT2D eigenvalue weighted by Crippen LogP contribution is -2.10. The minimum absolute atomic E-state index is 0.0822. The molecule has 0 spiro atoms. The highest BCUT2D eigenvalue weighted by Crippen LogP contribution is 2.21. The minimum atomic E-state index is -0.0822. The maximum atomic E-state index is 10.1. The van der Waals surface area contributed by atoms with Crippen molar-refractivity contribution in [3.05, 3.63) is 17.8 Å². The van der Waals surface area contributed by atoms with Crippen molar-refractivity contribution in [2.75, 3.05) is 0 Å². The maximum Gasteiger partial charge on any atom is 0.199 e. The molecule has 0 saturated heterocycles. The first-order chi connectivity index (χ1) is 5.54. The predicted octanol–water partition coefficient (Wildman–Crippen LogP) is 1.71. The van der Waals surface area contributed by atoms with Crippen molar-refractivity contribution in [1.29, 1.82) is 0 Å². The van der Waals surface area contributed by atoms with Gasteiger partial charge in [0, 0.05) is 5.41 Å². The molecule has 0 amide bonds. The molecule has 1 heterocycles. The van der Waals surface area contributed by atoms with E-state index in [-0.39, 0.29) is 5.41 Å². The first-order valence-corrected chi connectivity index (χ1v) is 3.93. The molecular formula is C9H13NO2. The molecule has 0 aliphatic heterocycles. The Morgan fingerprint density at radius 2 is 2.25 bits per heavy atom. The number of aldehydes is 1. The summed E-state index contributed by atoms with van der Waals surface area (Å²) < 4.78 is 5.35. The van der Waals surface area contributed by atoms with Crippen LogP contribution in [0.1, 0.15) is 32.4 Å². The third kappa shape index (κ3) is 1.94. The van der Waals surface area contributed by atoms with E-state index < -0.39 is 0 Å². The lowest BCUT2D eigenvalue weighted by atomic mass is 9.97. The van der Waals surface area contributed by atoms with Gasteiger partial charge in [0.2, 0.25) is 0 Å². The van der Waals surface area contributed by atoms with Gasteiger partial charge >= 0.3 is 0 Å². The van der Waals surface area contributed by atoms with Crippen molar-refractivity contribution in [3.8, 4) is 0 Å². The standard InChI is InChI=1S/C9H13NO2/c1-9(2,3)8-10-6-7(12-8)4-5-11/h5-6H,4H2,1-3H3. The Hall–Kier alpha value is -1.12. The molecule has 1 aromatic heterocycles. The van der Waals surface area contributed by atoms with Gasteiger partial charge in [0.1, 0.15) is 12.0 Å². The summed E-state index contributed by atoms with van der Waals surface area (Å²) in [6.45, 7) is 6.05. The molecule has 3 heteroatoms. The summed E-state index contributed by atoms with van der Waals surface area (Å²) in [6.07, 6.45) is 2.73. The van der Waals surface area contributed by atoms with Crippen LogP contribution in [0.15, 0.2) is 10.6 Å². The highest BCUT2D eigenvalue weighted by molar-refractivity contribution is 5.52. The second kappa shape index (κ2) is 3.09. The Morgan fingerprint density at radius 3 is 2.67 bits per heavy atom. The Labute approximate surface area is 71.8 Å². The Morgan fingerprint density at radius 1 is 1.58 bits per heavy atom. The molecule has 1 rings (SSSR count). The van der Waals surface area contributed by atoms with Crippen LogP contribution in [0.25, 0.3) is 0 Å². The smallest absolute Gasteiger partial charge is 0.199 e. The molecule has 0 aliphatic carbocycles. The Balaban J connectivity index is 2.84. The zero-order chi connectivity index (χ0) is 9.19. The fourth-order valence-electron chi connectivity index (χ4n) is 0.831. The lowest BCUT2D eigenvalue weighted by Gasteiger charge is -2.11. The van der Waals surface area contributed by atoms with Crippen LogP contribution >= 0.6 is 0 Å². The number of carbonyl (C=O) groups excluding carboxylic acids is 1. The van der Waals surface area contributed by atoms with Crippen LogP contribution in [0, 0.1) is 0 Å². The van der Waals surface area contributed by atoms with Crippen molar-refractivity contribution in [1.82, 2.24) is 4.98 Å². The molecule has 12 heavy (non-hydrogen) atoms. The van der Waals surface area contributed by atoms with E-state index in [0.29, 0.717) is 18.1 Å². The number of carbonyl (C=O) groups is 1. The monoisotopic (exact) mass is 167 g/mol. The SMILES string of the molecule is CC(C)(C)c1ncc(CC=O)o1. The van der Waals surface area contributed by atoms with E-state index in [4.69, 9.17) is 4.42 Å². The molecule has 0 aromatic carbocycles. The molecule has 66 valence electrons. The highest BCUT2D eigenvalue weighted by atomic mass is 16.4. The summed E-state index contributed by atoms with van der Waals surface area (Å²) in [6, 6.07) is 0. The first-order valence-electron chi connectivity index (χ1n) is 3.93. The van der Waals surface area contributed by atoms with E-state index in [0.717, 1.165) is 6.29 Å². The average molecular weight is 167 g/mol. The van der Waals surface area contributed by atoms with Crippen LogP contribution in [-0.2, 0) is 16.6 Å².